The van der Waals surface area contributed by atoms with E-state index in [-0.39, 0.29) is 11.9 Å². The molecule has 5 aromatic rings. The molecule has 0 saturated heterocycles. The van der Waals surface area contributed by atoms with Crippen LogP contribution in [-0.4, -0.2) is 27.4 Å². The minimum absolute atomic E-state index is 0.157. The van der Waals surface area contributed by atoms with Crippen LogP contribution in [0.3, 0.4) is 0 Å². The van der Waals surface area contributed by atoms with Gasteiger partial charge in [-0.2, -0.15) is 0 Å². The highest BCUT2D eigenvalue weighted by Gasteiger charge is 2.16. The molecule has 0 aliphatic heterocycles. The van der Waals surface area contributed by atoms with Gasteiger partial charge >= 0.3 is 0 Å². The monoisotopic (exact) mass is 422 g/mol. The normalized spacial score (nSPS) is 12.1. The summed E-state index contributed by atoms with van der Waals surface area (Å²) in [6, 6.07) is 21.6. The van der Waals surface area contributed by atoms with Crippen molar-refractivity contribution in [1.29, 1.82) is 0 Å². The molecular formula is C26H22N4O2. The third-order valence-electron chi connectivity index (χ3n) is 5.64. The molecule has 1 amide bonds. The van der Waals surface area contributed by atoms with Crippen LogP contribution in [0.4, 0.5) is 0 Å². The molecule has 1 N–H and O–H groups in total. The lowest BCUT2D eigenvalue weighted by Gasteiger charge is -2.15. The Kier molecular flexibility index (Phi) is 5.03. The first kappa shape index (κ1) is 19.8. The largest absolute Gasteiger partial charge is 0.497 e. The van der Waals surface area contributed by atoms with Crippen molar-refractivity contribution < 1.29 is 9.53 Å². The second kappa shape index (κ2) is 8.15. The molecule has 1 atom stereocenters. The van der Waals surface area contributed by atoms with Gasteiger partial charge in [0, 0.05) is 17.8 Å². The Labute approximate surface area is 185 Å². The Bertz CT molecular complexity index is 1420. The van der Waals surface area contributed by atoms with E-state index < -0.39 is 0 Å². The van der Waals surface area contributed by atoms with Gasteiger partial charge in [-0.3, -0.25) is 14.2 Å². The number of hydrogen-bond donors (Lipinski definition) is 1. The molecule has 0 aliphatic carbocycles. The number of amides is 1. The lowest BCUT2D eigenvalue weighted by atomic mass is 10.0. The Morgan fingerprint density at radius 3 is 2.62 bits per heavy atom. The smallest absolute Gasteiger partial charge is 0.270 e. The van der Waals surface area contributed by atoms with Crippen LogP contribution in [0.15, 0.2) is 85.3 Å². The summed E-state index contributed by atoms with van der Waals surface area (Å²) in [5.41, 5.74) is 5.21. The predicted octanol–water partition coefficient (Wildman–Crippen LogP) is 5.05. The molecular weight excluding hydrogens is 400 g/mol. The van der Waals surface area contributed by atoms with Gasteiger partial charge in [-0.05, 0) is 66.1 Å². The number of aromatic nitrogens is 3. The summed E-state index contributed by atoms with van der Waals surface area (Å²) in [6.45, 7) is 1.96. The molecule has 0 saturated carbocycles. The van der Waals surface area contributed by atoms with Gasteiger partial charge in [0.15, 0.2) is 0 Å². The highest BCUT2D eigenvalue weighted by atomic mass is 16.5. The standard InChI is InChI=1S/C26H22N4O2/c1-17(18-5-9-22(32-2)10-6-18)29-26(31)24-15-28-25-12-8-21(16-30(24)25)19-7-11-23-20(14-19)4-3-13-27-23/h3-17H,1-2H3,(H,29,31)/t17-/m0/s1. The maximum Gasteiger partial charge on any atom is 0.270 e. The first-order valence-corrected chi connectivity index (χ1v) is 10.4. The highest BCUT2D eigenvalue weighted by Crippen LogP contribution is 2.25. The van der Waals surface area contributed by atoms with Crippen LogP contribution in [0.2, 0.25) is 0 Å². The quantitative estimate of drug-likeness (QED) is 0.430. The van der Waals surface area contributed by atoms with Crippen LogP contribution in [0.5, 0.6) is 5.75 Å². The Balaban J connectivity index is 1.44. The first-order valence-electron chi connectivity index (χ1n) is 10.4. The Morgan fingerprint density at radius 2 is 1.81 bits per heavy atom. The summed E-state index contributed by atoms with van der Waals surface area (Å²) in [5, 5.41) is 4.13. The summed E-state index contributed by atoms with van der Waals surface area (Å²) < 4.78 is 7.04. The molecule has 6 heteroatoms. The van der Waals surface area contributed by atoms with Crippen molar-refractivity contribution in [1.82, 2.24) is 19.7 Å². The number of ether oxygens (including phenoxy) is 1. The van der Waals surface area contributed by atoms with Crippen LogP contribution in [0, 0.1) is 0 Å². The SMILES string of the molecule is COc1ccc([C@H](C)NC(=O)c2cnc3ccc(-c4ccc5ncccc5c4)cn23)cc1. The van der Waals surface area contributed by atoms with E-state index in [4.69, 9.17) is 4.74 Å². The molecule has 158 valence electrons. The number of benzene rings is 2. The minimum atomic E-state index is -0.180. The fourth-order valence-electron chi connectivity index (χ4n) is 3.82. The van der Waals surface area contributed by atoms with Crippen molar-refractivity contribution in [3.8, 4) is 16.9 Å². The van der Waals surface area contributed by atoms with Crippen LogP contribution in [0.1, 0.15) is 29.0 Å². The summed E-state index contributed by atoms with van der Waals surface area (Å²) in [6.07, 6.45) is 5.35. The van der Waals surface area contributed by atoms with Gasteiger partial charge in [0.05, 0.1) is 24.9 Å². The number of carbonyl (C=O) groups is 1. The maximum atomic E-state index is 13.0. The highest BCUT2D eigenvalue weighted by molar-refractivity contribution is 5.94. The van der Waals surface area contributed by atoms with E-state index in [2.05, 4.69) is 21.4 Å². The Hall–Kier alpha value is -4.19. The Morgan fingerprint density at radius 1 is 1.00 bits per heavy atom. The summed E-state index contributed by atoms with van der Waals surface area (Å²) in [5.74, 6) is 0.603. The van der Waals surface area contributed by atoms with Crippen molar-refractivity contribution >= 4 is 22.5 Å². The van der Waals surface area contributed by atoms with E-state index in [0.29, 0.717) is 5.69 Å². The number of imidazole rings is 1. The van der Waals surface area contributed by atoms with Crippen molar-refractivity contribution in [2.45, 2.75) is 13.0 Å². The summed E-state index contributed by atoms with van der Waals surface area (Å²) >= 11 is 0. The lowest BCUT2D eigenvalue weighted by molar-refractivity contribution is 0.0934. The molecule has 5 rings (SSSR count). The van der Waals surface area contributed by atoms with E-state index in [1.54, 1.807) is 19.5 Å². The van der Waals surface area contributed by atoms with E-state index in [9.17, 15) is 4.79 Å². The second-order valence-corrected chi connectivity index (χ2v) is 7.67. The first-order chi connectivity index (χ1) is 15.6. The van der Waals surface area contributed by atoms with Crippen LogP contribution < -0.4 is 10.1 Å². The molecule has 6 nitrogen and oxygen atoms in total. The molecule has 3 heterocycles. The third-order valence-corrected chi connectivity index (χ3v) is 5.64. The molecule has 32 heavy (non-hydrogen) atoms. The number of nitrogens with one attached hydrogen (secondary N) is 1. The zero-order chi connectivity index (χ0) is 22.1. The van der Waals surface area contributed by atoms with Gasteiger partial charge in [-0.25, -0.2) is 4.98 Å². The number of methoxy groups -OCH3 is 1. The molecule has 0 bridgehead atoms. The average Bonchev–Trinajstić information content (AvgIpc) is 3.27. The van der Waals surface area contributed by atoms with Gasteiger partial charge in [0.1, 0.15) is 17.1 Å². The van der Waals surface area contributed by atoms with Crippen molar-refractivity contribution in [2.24, 2.45) is 0 Å². The molecule has 0 unspecified atom stereocenters. The fraction of sp³-hybridized carbons (Fsp3) is 0.115. The van der Waals surface area contributed by atoms with Crippen molar-refractivity contribution in [3.05, 3.63) is 96.6 Å². The third kappa shape index (κ3) is 3.67. The molecule has 3 aromatic heterocycles. The zero-order valence-electron chi connectivity index (χ0n) is 17.8. The van der Waals surface area contributed by atoms with Gasteiger partial charge in [-0.15, -0.1) is 0 Å². The van der Waals surface area contributed by atoms with E-state index >= 15 is 0 Å². The van der Waals surface area contributed by atoms with Crippen LogP contribution >= 0.6 is 0 Å². The molecule has 2 aromatic carbocycles. The van der Waals surface area contributed by atoms with Crippen molar-refractivity contribution in [2.75, 3.05) is 7.11 Å². The number of fused-ring (bicyclic) bond motifs is 2. The summed E-state index contributed by atoms with van der Waals surface area (Å²) in [7, 11) is 1.63. The van der Waals surface area contributed by atoms with E-state index in [0.717, 1.165) is 39.0 Å². The number of pyridine rings is 2. The van der Waals surface area contributed by atoms with Crippen molar-refractivity contribution in [3.63, 3.8) is 0 Å². The predicted molar refractivity (Wildman–Crippen MR) is 125 cm³/mol. The molecule has 0 radical (unpaired) electrons. The topological polar surface area (TPSA) is 68.5 Å². The van der Waals surface area contributed by atoms with Gasteiger partial charge in [0.25, 0.3) is 5.91 Å². The van der Waals surface area contributed by atoms with Crippen LogP contribution in [-0.2, 0) is 0 Å². The van der Waals surface area contributed by atoms with Crippen LogP contribution in [0.25, 0.3) is 27.7 Å². The fourth-order valence-corrected chi connectivity index (χ4v) is 3.82. The van der Waals surface area contributed by atoms with E-state index in [1.807, 2.05) is 78.2 Å². The summed E-state index contributed by atoms with van der Waals surface area (Å²) in [4.78, 5) is 21.8. The van der Waals surface area contributed by atoms with Gasteiger partial charge in [-0.1, -0.05) is 24.3 Å². The molecule has 0 spiro atoms. The molecule has 0 aliphatic rings. The van der Waals surface area contributed by atoms with Gasteiger partial charge < -0.3 is 10.1 Å². The maximum absolute atomic E-state index is 13.0. The number of hydrogen-bond acceptors (Lipinski definition) is 4. The minimum Gasteiger partial charge on any atom is -0.497 e. The second-order valence-electron chi connectivity index (χ2n) is 7.67. The number of rotatable bonds is 5. The number of carbonyl (C=O) groups excluding carboxylic acids is 1. The zero-order valence-corrected chi connectivity index (χ0v) is 17.8. The van der Waals surface area contributed by atoms with E-state index in [1.165, 1.54) is 0 Å². The van der Waals surface area contributed by atoms with Gasteiger partial charge in [0.2, 0.25) is 0 Å². The number of nitrogens with zero attached hydrogens (tertiary/aromatic N) is 3. The molecule has 0 fully saturated rings. The lowest BCUT2D eigenvalue weighted by Crippen LogP contribution is -2.27. The average molecular weight is 422 g/mol.